The molecule has 3 rings (SSSR count). The van der Waals surface area contributed by atoms with Crippen LogP contribution in [0.5, 0.6) is 0 Å². The molecule has 2 aliphatic rings. The van der Waals surface area contributed by atoms with Crippen LogP contribution >= 0.6 is 0 Å². The second kappa shape index (κ2) is 8.02. The van der Waals surface area contributed by atoms with Gasteiger partial charge in [0, 0.05) is 37.9 Å². The minimum Gasteiger partial charge on any atom is -0.369 e. The highest BCUT2D eigenvalue weighted by Gasteiger charge is 2.25. The lowest BCUT2D eigenvalue weighted by Crippen LogP contribution is -2.51. The second-order valence-corrected chi connectivity index (χ2v) is 7.49. The number of hydrogen-bond donors (Lipinski definition) is 1. The Morgan fingerprint density at radius 3 is 2.54 bits per heavy atom. The van der Waals surface area contributed by atoms with Gasteiger partial charge in [0.2, 0.25) is 5.91 Å². The summed E-state index contributed by atoms with van der Waals surface area (Å²) in [6, 6.07) is 8.95. The largest absolute Gasteiger partial charge is 0.369 e. The van der Waals surface area contributed by atoms with Crippen molar-refractivity contribution in [1.82, 2.24) is 10.2 Å². The summed E-state index contributed by atoms with van der Waals surface area (Å²) in [5, 5.41) is 3.27. The number of carbonyl (C=O) groups excluding carboxylic acids is 1. The molecule has 0 spiro atoms. The van der Waals surface area contributed by atoms with Crippen LogP contribution in [0.25, 0.3) is 0 Å². The third-order valence-corrected chi connectivity index (χ3v) is 5.65. The van der Waals surface area contributed by atoms with Gasteiger partial charge in [-0.3, -0.25) is 9.69 Å². The van der Waals surface area contributed by atoms with Gasteiger partial charge in [-0.05, 0) is 37.3 Å². The molecule has 1 amide bonds. The third kappa shape index (κ3) is 4.29. The number of rotatable bonds is 4. The highest BCUT2D eigenvalue weighted by molar-refractivity contribution is 5.78. The Morgan fingerprint density at radius 2 is 1.83 bits per heavy atom. The van der Waals surface area contributed by atoms with Crippen LogP contribution in [0.2, 0.25) is 0 Å². The van der Waals surface area contributed by atoms with E-state index in [0.29, 0.717) is 18.5 Å². The molecule has 1 aliphatic carbocycles. The van der Waals surface area contributed by atoms with Gasteiger partial charge in [0.1, 0.15) is 0 Å². The summed E-state index contributed by atoms with van der Waals surface area (Å²) in [5.41, 5.74) is 2.66. The SMILES string of the molecule is Cc1ccccc1N1CCN(CC(=O)N[C@@H]2CCCC[C@H]2C)CC1. The molecule has 0 bridgehead atoms. The fourth-order valence-corrected chi connectivity index (χ4v) is 4.05. The number of nitrogens with zero attached hydrogens (tertiary/aromatic N) is 2. The smallest absolute Gasteiger partial charge is 0.234 e. The maximum absolute atomic E-state index is 12.4. The molecule has 4 heteroatoms. The molecule has 1 N–H and O–H groups in total. The molecule has 1 saturated heterocycles. The quantitative estimate of drug-likeness (QED) is 0.923. The molecule has 0 radical (unpaired) electrons. The van der Waals surface area contributed by atoms with Crippen LogP contribution in [0.4, 0.5) is 5.69 Å². The number of amides is 1. The van der Waals surface area contributed by atoms with Crippen molar-refractivity contribution in [3.63, 3.8) is 0 Å². The molecule has 1 heterocycles. The molecule has 24 heavy (non-hydrogen) atoms. The highest BCUT2D eigenvalue weighted by Crippen LogP contribution is 2.24. The van der Waals surface area contributed by atoms with Crippen LogP contribution in [0.15, 0.2) is 24.3 Å². The van der Waals surface area contributed by atoms with Crippen LogP contribution < -0.4 is 10.2 Å². The first kappa shape index (κ1) is 17.3. The van der Waals surface area contributed by atoms with Gasteiger partial charge >= 0.3 is 0 Å². The Morgan fingerprint density at radius 1 is 1.12 bits per heavy atom. The highest BCUT2D eigenvalue weighted by atomic mass is 16.2. The molecular weight excluding hydrogens is 298 g/mol. The Bertz CT molecular complexity index is 552. The van der Waals surface area contributed by atoms with Crippen LogP contribution in [-0.2, 0) is 4.79 Å². The number of benzene rings is 1. The first-order valence-corrected chi connectivity index (χ1v) is 9.46. The van der Waals surface area contributed by atoms with E-state index in [1.54, 1.807) is 0 Å². The minimum atomic E-state index is 0.207. The van der Waals surface area contributed by atoms with Crippen LogP contribution in [0, 0.1) is 12.8 Å². The fraction of sp³-hybridized carbons (Fsp3) is 0.650. The first-order chi connectivity index (χ1) is 11.6. The van der Waals surface area contributed by atoms with Crippen molar-refractivity contribution in [3.8, 4) is 0 Å². The summed E-state index contributed by atoms with van der Waals surface area (Å²) in [4.78, 5) is 17.1. The van der Waals surface area contributed by atoms with Gasteiger partial charge in [0.05, 0.1) is 6.54 Å². The number of nitrogens with one attached hydrogen (secondary N) is 1. The molecule has 2 fully saturated rings. The van der Waals surface area contributed by atoms with Crippen molar-refractivity contribution >= 4 is 11.6 Å². The van der Waals surface area contributed by atoms with Gasteiger partial charge in [-0.2, -0.15) is 0 Å². The van der Waals surface area contributed by atoms with Crippen molar-refractivity contribution in [2.24, 2.45) is 5.92 Å². The van der Waals surface area contributed by atoms with E-state index in [-0.39, 0.29) is 5.91 Å². The molecular formula is C20H31N3O. The lowest BCUT2D eigenvalue weighted by molar-refractivity contribution is -0.123. The summed E-state index contributed by atoms with van der Waals surface area (Å²) in [5.74, 6) is 0.832. The van der Waals surface area contributed by atoms with Crippen molar-refractivity contribution in [3.05, 3.63) is 29.8 Å². The zero-order valence-corrected chi connectivity index (χ0v) is 15.1. The summed E-state index contributed by atoms with van der Waals surface area (Å²) in [6.07, 6.45) is 4.97. The zero-order valence-electron chi connectivity index (χ0n) is 15.1. The zero-order chi connectivity index (χ0) is 16.9. The third-order valence-electron chi connectivity index (χ3n) is 5.65. The predicted molar refractivity (Wildman–Crippen MR) is 99.4 cm³/mol. The molecule has 132 valence electrons. The van der Waals surface area contributed by atoms with E-state index >= 15 is 0 Å². The molecule has 0 unspecified atom stereocenters. The number of carbonyl (C=O) groups is 1. The summed E-state index contributed by atoms with van der Waals surface area (Å²) in [7, 11) is 0. The monoisotopic (exact) mass is 329 g/mol. The molecule has 1 aromatic carbocycles. The average molecular weight is 329 g/mol. The van der Waals surface area contributed by atoms with Crippen molar-refractivity contribution < 1.29 is 4.79 Å². The van der Waals surface area contributed by atoms with Gasteiger partial charge in [-0.1, -0.05) is 38.0 Å². The molecule has 1 aliphatic heterocycles. The topological polar surface area (TPSA) is 35.6 Å². The lowest BCUT2D eigenvalue weighted by Gasteiger charge is -2.37. The molecule has 1 saturated carbocycles. The minimum absolute atomic E-state index is 0.207. The van der Waals surface area contributed by atoms with Gasteiger partial charge in [0.25, 0.3) is 0 Å². The Hall–Kier alpha value is -1.55. The molecule has 2 atom stereocenters. The Kier molecular flexibility index (Phi) is 5.77. The summed E-state index contributed by atoms with van der Waals surface area (Å²) < 4.78 is 0. The molecule has 1 aromatic rings. The average Bonchev–Trinajstić information content (AvgIpc) is 2.58. The van der Waals surface area contributed by atoms with Crippen molar-refractivity contribution in [2.75, 3.05) is 37.6 Å². The number of piperazine rings is 1. The number of hydrogen-bond acceptors (Lipinski definition) is 3. The maximum atomic E-state index is 12.4. The first-order valence-electron chi connectivity index (χ1n) is 9.46. The Labute approximate surface area is 146 Å². The van der Waals surface area contributed by atoms with Gasteiger partial charge in [-0.25, -0.2) is 0 Å². The number of para-hydroxylation sites is 1. The fourth-order valence-electron chi connectivity index (χ4n) is 4.05. The number of aryl methyl sites for hydroxylation is 1. The van der Waals surface area contributed by atoms with E-state index in [2.05, 4.69) is 53.2 Å². The summed E-state index contributed by atoms with van der Waals surface area (Å²) in [6.45, 7) is 8.90. The van der Waals surface area contributed by atoms with E-state index in [1.165, 1.54) is 30.5 Å². The van der Waals surface area contributed by atoms with Crippen molar-refractivity contribution in [2.45, 2.75) is 45.6 Å². The van der Waals surface area contributed by atoms with Crippen molar-refractivity contribution in [1.29, 1.82) is 0 Å². The van der Waals surface area contributed by atoms with Crippen LogP contribution in [-0.4, -0.2) is 49.6 Å². The standard InChI is InChI=1S/C20H31N3O/c1-16-7-3-5-9-18(16)21-20(24)15-22-11-13-23(14-12-22)19-10-6-4-8-17(19)2/h4,6,8,10,16,18H,3,5,7,9,11-15H2,1-2H3,(H,21,24)/t16-,18-/m1/s1. The molecule has 0 aromatic heterocycles. The van der Waals surface area contributed by atoms with Gasteiger partial charge in [-0.15, -0.1) is 0 Å². The number of anilines is 1. The maximum Gasteiger partial charge on any atom is 0.234 e. The molecule has 4 nitrogen and oxygen atoms in total. The predicted octanol–water partition coefficient (Wildman–Crippen LogP) is 2.81. The van der Waals surface area contributed by atoms with E-state index < -0.39 is 0 Å². The van der Waals surface area contributed by atoms with Gasteiger partial charge in [0.15, 0.2) is 0 Å². The Balaban J connectivity index is 1.45. The van der Waals surface area contributed by atoms with E-state index in [4.69, 9.17) is 0 Å². The normalized spacial score (nSPS) is 25.5. The van der Waals surface area contributed by atoms with Crippen LogP contribution in [0.1, 0.15) is 38.2 Å². The van der Waals surface area contributed by atoms with Crippen LogP contribution in [0.3, 0.4) is 0 Å². The summed E-state index contributed by atoms with van der Waals surface area (Å²) >= 11 is 0. The second-order valence-electron chi connectivity index (χ2n) is 7.49. The van der Waals surface area contributed by atoms with E-state index in [0.717, 1.165) is 32.6 Å². The van der Waals surface area contributed by atoms with Gasteiger partial charge < -0.3 is 10.2 Å². The lowest BCUT2D eigenvalue weighted by atomic mass is 9.86. The van der Waals surface area contributed by atoms with E-state index in [1.807, 2.05) is 0 Å². The van der Waals surface area contributed by atoms with E-state index in [9.17, 15) is 4.79 Å².